The summed E-state index contributed by atoms with van der Waals surface area (Å²) in [5.41, 5.74) is 1.31. The monoisotopic (exact) mass is 234 g/mol. The van der Waals surface area contributed by atoms with Gasteiger partial charge in [-0.2, -0.15) is 0 Å². The van der Waals surface area contributed by atoms with E-state index in [9.17, 15) is 4.79 Å². The van der Waals surface area contributed by atoms with Crippen molar-refractivity contribution in [3.8, 4) is 0 Å². The van der Waals surface area contributed by atoms with Gasteiger partial charge in [-0.25, -0.2) is 0 Å². The molecule has 0 heterocycles. The van der Waals surface area contributed by atoms with Crippen molar-refractivity contribution in [1.82, 2.24) is 0 Å². The number of esters is 1. The first-order valence-corrected chi connectivity index (χ1v) is 6.45. The van der Waals surface area contributed by atoms with Crippen LogP contribution in [-0.4, -0.2) is 12.6 Å². The molecule has 1 unspecified atom stereocenters. The lowest BCUT2D eigenvalue weighted by atomic mass is 9.98. The summed E-state index contributed by atoms with van der Waals surface area (Å²) in [6.45, 7) is 4.67. The molecular weight excluding hydrogens is 212 g/mol. The Kier molecular flexibility index (Phi) is 6.38. The molecule has 2 nitrogen and oxygen atoms in total. The number of carbonyl (C=O) groups excluding carboxylic acids is 1. The van der Waals surface area contributed by atoms with Gasteiger partial charge < -0.3 is 4.74 Å². The Balaban J connectivity index is 2.36. The Labute approximate surface area is 104 Å². The highest BCUT2D eigenvalue weighted by Crippen LogP contribution is 2.13. The minimum Gasteiger partial charge on any atom is -0.465 e. The molecule has 1 aromatic rings. The van der Waals surface area contributed by atoms with E-state index in [1.807, 2.05) is 25.1 Å². The molecule has 0 saturated heterocycles. The zero-order chi connectivity index (χ0) is 12.5. The Morgan fingerprint density at radius 3 is 2.53 bits per heavy atom. The zero-order valence-corrected chi connectivity index (χ0v) is 10.8. The predicted octanol–water partition coefficient (Wildman–Crippen LogP) is 3.60. The fourth-order valence-corrected chi connectivity index (χ4v) is 1.76. The van der Waals surface area contributed by atoms with Crippen LogP contribution in [0.25, 0.3) is 0 Å². The molecule has 2 heteroatoms. The maximum absolute atomic E-state index is 11.3. The molecule has 0 aromatic heterocycles. The van der Waals surface area contributed by atoms with Gasteiger partial charge in [-0.1, -0.05) is 44.2 Å². The molecule has 0 aliphatic heterocycles. The van der Waals surface area contributed by atoms with E-state index >= 15 is 0 Å². The van der Waals surface area contributed by atoms with Gasteiger partial charge in [0.05, 0.1) is 6.61 Å². The molecule has 0 aliphatic carbocycles. The van der Waals surface area contributed by atoms with Gasteiger partial charge in [0.25, 0.3) is 0 Å². The minimum absolute atomic E-state index is 0.0704. The molecule has 0 bridgehead atoms. The Bertz CT molecular complexity index is 319. The quantitative estimate of drug-likeness (QED) is 0.674. The molecule has 0 saturated carbocycles. The van der Waals surface area contributed by atoms with Crippen molar-refractivity contribution in [2.75, 3.05) is 6.61 Å². The minimum atomic E-state index is -0.0704. The van der Waals surface area contributed by atoms with Crippen LogP contribution < -0.4 is 0 Å². The third-order valence-electron chi connectivity index (χ3n) is 2.88. The number of carbonyl (C=O) groups is 1. The highest BCUT2D eigenvalue weighted by molar-refractivity contribution is 5.69. The Hall–Kier alpha value is -1.31. The number of hydrogen-bond acceptors (Lipinski definition) is 2. The number of benzene rings is 1. The topological polar surface area (TPSA) is 26.3 Å². The largest absolute Gasteiger partial charge is 0.465 e. The summed E-state index contributed by atoms with van der Waals surface area (Å²) in [6, 6.07) is 10.4. The summed E-state index contributed by atoms with van der Waals surface area (Å²) in [5.74, 6) is 0.359. The second-order valence-electron chi connectivity index (χ2n) is 4.40. The molecule has 94 valence electrons. The molecule has 1 rings (SSSR count). The van der Waals surface area contributed by atoms with E-state index in [2.05, 4.69) is 19.1 Å². The van der Waals surface area contributed by atoms with E-state index in [1.54, 1.807) is 0 Å². The van der Waals surface area contributed by atoms with Crippen LogP contribution in [-0.2, 0) is 16.0 Å². The molecular formula is C15H22O2. The first-order valence-electron chi connectivity index (χ1n) is 6.45. The molecule has 17 heavy (non-hydrogen) atoms. The van der Waals surface area contributed by atoms with E-state index in [1.165, 1.54) is 5.56 Å². The molecule has 1 aromatic carbocycles. The average Bonchev–Trinajstić information content (AvgIpc) is 2.36. The third kappa shape index (κ3) is 5.53. The molecule has 0 N–H and O–H groups in total. The number of ether oxygens (including phenoxy) is 1. The number of rotatable bonds is 7. The van der Waals surface area contributed by atoms with Crippen LogP contribution in [0.2, 0.25) is 0 Å². The van der Waals surface area contributed by atoms with E-state index in [-0.39, 0.29) is 5.97 Å². The van der Waals surface area contributed by atoms with Crippen LogP contribution in [0, 0.1) is 5.92 Å². The lowest BCUT2D eigenvalue weighted by molar-refractivity contribution is -0.145. The van der Waals surface area contributed by atoms with Crippen LogP contribution in [0.5, 0.6) is 0 Å². The predicted molar refractivity (Wildman–Crippen MR) is 69.8 cm³/mol. The summed E-state index contributed by atoms with van der Waals surface area (Å²) in [7, 11) is 0. The van der Waals surface area contributed by atoms with Crippen molar-refractivity contribution in [3.05, 3.63) is 35.9 Å². The molecule has 1 atom stereocenters. The maximum atomic E-state index is 11.3. The van der Waals surface area contributed by atoms with Crippen molar-refractivity contribution in [2.24, 2.45) is 5.92 Å². The van der Waals surface area contributed by atoms with Gasteiger partial charge in [0.1, 0.15) is 0 Å². The average molecular weight is 234 g/mol. The van der Waals surface area contributed by atoms with Crippen LogP contribution >= 0.6 is 0 Å². The second kappa shape index (κ2) is 7.88. The lowest BCUT2D eigenvalue weighted by Crippen LogP contribution is -2.15. The van der Waals surface area contributed by atoms with E-state index in [0.29, 0.717) is 18.9 Å². The van der Waals surface area contributed by atoms with Gasteiger partial charge in [-0.15, -0.1) is 0 Å². The van der Waals surface area contributed by atoms with E-state index < -0.39 is 0 Å². The summed E-state index contributed by atoms with van der Waals surface area (Å²) < 4.78 is 5.27. The number of hydrogen-bond donors (Lipinski definition) is 0. The maximum Gasteiger partial charge on any atom is 0.305 e. The zero-order valence-electron chi connectivity index (χ0n) is 10.8. The van der Waals surface area contributed by atoms with E-state index in [0.717, 1.165) is 19.3 Å². The first-order chi connectivity index (χ1) is 8.26. The van der Waals surface area contributed by atoms with E-state index in [4.69, 9.17) is 4.74 Å². The fraction of sp³-hybridized carbons (Fsp3) is 0.533. The van der Waals surface area contributed by atoms with Gasteiger partial charge in [-0.3, -0.25) is 4.79 Å². The molecule has 0 fully saturated rings. The van der Waals surface area contributed by atoms with Gasteiger partial charge in [0, 0.05) is 6.42 Å². The van der Waals surface area contributed by atoms with Gasteiger partial charge >= 0.3 is 5.97 Å². The highest BCUT2D eigenvalue weighted by atomic mass is 16.5. The summed E-state index contributed by atoms with van der Waals surface area (Å²) in [6.07, 6.45) is 3.40. The molecule has 0 aliphatic rings. The molecule has 0 spiro atoms. The Morgan fingerprint density at radius 2 is 1.94 bits per heavy atom. The fourth-order valence-electron chi connectivity index (χ4n) is 1.76. The van der Waals surface area contributed by atoms with Crippen LogP contribution in [0.1, 0.15) is 38.7 Å². The standard InChI is InChI=1S/C15H22O2/c1-3-8-15(16)17-12-13(4-2)11-14-9-6-5-7-10-14/h5-7,9-10,13H,3-4,8,11-12H2,1-2H3. The summed E-state index contributed by atoms with van der Waals surface area (Å²) in [5, 5.41) is 0. The smallest absolute Gasteiger partial charge is 0.305 e. The summed E-state index contributed by atoms with van der Waals surface area (Å²) >= 11 is 0. The van der Waals surface area contributed by atoms with Gasteiger partial charge in [0.2, 0.25) is 0 Å². The van der Waals surface area contributed by atoms with Crippen molar-refractivity contribution in [3.63, 3.8) is 0 Å². The van der Waals surface area contributed by atoms with Crippen molar-refractivity contribution in [2.45, 2.75) is 39.5 Å². The lowest BCUT2D eigenvalue weighted by Gasteiger charge is -2.15. The summed E-state index contributed by atoms with van der Waals surface area (Å²) in [4.78, 5) is 11.3. The van der Waals surface area contributed by atoms with Crippen LogP contribution in [0.15, 0.2) is 30.3 Å². The molecule has 0 amide bonds. The van der Waals surface area contributed by atoms with Crippen molar-refractivity contribution < 1.29 is 9.53 Å². The van der Waals surface area contributed by atoms with Crippen LogP contribution in [0.3, 0.4) is 0 Å². The normalized spacial score (nSPS) is 12.1. The first kappa shape index (κ1) is 13.8. The van der Waals surface area contributed by atoms with Gasteiger partial charge in [0.15, 0.2) is 0 Å². The van der Waals surface area contributed by atoms with Crippen molar-refractivity contribution >= 4 is 5.97 Å². The third-order valence-corrected chi connectivity index (χ3v) is 2.88. The Morgan fingerprint density at radius 1 is 1.24 bits per heavy atom. The van der Waals surface area contributed by atoms with Gasteiger partial charge in [-0.05, 0) is 30.7 Å². The SMILES string of the molecule is CCCC(=O)OCC(CC)Cc1ccccc1. The highest BCUT2D eigenvalue weighted by Gasteiger charge is 2.10. The second-order valence-corrected chi connectivity index (χ2v) is 4.40. The molecule has 0 radical (unpaired) electrons. The van der Waals surface area contributed by atoms with Crippen molar-refractivity contribution in [1.29, 1.82) is 0 Å². The van der Waals surface area contributed by atoms with Crippen LogP contribution in [0.4, 0.5) is 0 Å².